The van der Waals surface area contributed by atoms with Crippen LogP contribution in [0.4, 0.5) is 24.5 Å². The van der Waals surface area contributed by atoms with Gasteiger partial charge < -0.3 is 15.1 Å². The molecule has 0 radical (unpaired) electrons. The average Bonchev–Trinajstić information content (AvgIpc) is 2.83. The van der Waals surface area contributed by atoms with Gasteiger partial charge in [-0.1, -0.05) is 24.3 Å². The van der Waals surface area contributed by atoms with E-state index in [9.17, 15) is 18.0 Å². The third-order valence-corrected chi connectivity index (χ3v) is 6.57. The Hall–Kier alpha value is -3.29. The fourth-order valence-corrected chi connectivity index (χ4v) is 4.59. The van der Waals surface area contributed by atoms with E-state index in [-0.39, 0.29) is 18.0 Å². The second kappa shape index (κ2) is 9.52. The van der Waals surface area contributed by atoms with E-state index < -0.39 is 11.9 Å². The van der Waals surface area contributed by atoms with E-state index in [1.807, 2.05) is 61.3 Å². The molecule has 0 aliphatic heterocycles. The van der Waals surface area contributed by atoms with Crippen LogP contribution >= 0.6 is 0 Å². The molecule has 0 saturated heterocycles. The van der Waals surface area contributed by atoms with Crippen LogP contribution in [0.2, 0.25) is 0 Å². The zero-order valence-electron chi connectivity index (χ0n) is 19.6. The van der Waals surface area contributed by atoms with E-state index in [1.54, 1.807) is 18.2 Å². The first-order chi connectivity index (χ1) is 16.1. The highest BCUT2D eigenvalue weighted by Gasteiger charge is 2.34. The van der Waals surface area contributed by atoms with Gasteiger partial charge in [-0.2, -0.15) is 13.2 Å². The molecule has 1 aromatic heterocycles. The second-order valence-electron chi connectivity index (χ2n) is 9.08. The molecule has 1 aliphatic rings. The maximum absolute atomic E-state index is 13.5. The van der Waals surface area contributed by atoms with Crippen molar-refractivity contribution in [2.45, 2.75) is 43.9 Å². The summed E-state index contributed by atoms with van der Waals surface area (Å²) in [6.45, 7) is 0. The van der Waals surface area contributed by atoms with Crippen LogP contribution in [0.15, 0.2) is 54.6 Å². The molecule has 0 bridgehead atoms. The van der Waals surface area contributed by atoms with Crippen LogP contribution in [0.1, 0.15) is 41.7 Å². The molecular weight excluding hydrogens is 441 g/mol. The smallest absolute Gasteiger partial charge is 0.378 e. The van der Waals surface area contributed by atoms with Crippen molar-refractivity contribution >= 4 is 28.2 Å². The van der Waals surface area contributed by atoms with E-state index >= 15 is 0 Å². The minimum absolute atomic E-state index is 0.0417. The lowest BCUT2D eigenvalue weighted by Crippen LogP contribution is -2.43. The molecule has 1 amide bonds. The van der Waals surface area contributed by atoms with Crippen molar-refractivity contribution in [3.63, 3.8) is 0 Å². The number of nitrogens with zero attached hydrogens (tertiary/aromatic N) is 3. The zero-order chi connectivity index (χ0) is 24.5. The first kappa shape index (κ1) is 23.9. The maximum atomic E-state index is 13.5. The van der Waals surface area contributed by atoms with Gasteiger partial charge in [0.15, 0.2) is 0 Å². The summed E-state index contributed by atoms with van der Waals surface area (Å²) in [7, 11) is 5.70. The summed E-state index contributed by atoms with van der Waals surface area (Å²) in [5.41, 5.74) is 1.56. The fraction of sp³-hybridized carbons (Fsp3) is 0.385. The van der Waals surface area contributed by atoms with Gasteiger partial charge in [-0.05, 0) is 56.0 Å². The minimum Gasteiger partial charge on any atom is -0.378 e. The molecule has 34 heavy (non-hydrogen) atoms. The van der Waals surface area contributed by atoms with Crippen molar-refractivity contribution in [3.8, 4) is 0 Å². The molecule has 2 aromatic carbocycles. The van der Waals surface area contributed by atoms with Crippen molar-refractivity contribution in [2.24, 2.45) is 0 Å². The van der Waals surface area contributed by atoms with Gasteiger partial charge in [0.05, 0.1) is 5.52 Å². The topological polar surface area (TPSA) is 48.5 Å². The van der Waals surface area contributed by atoms with Gasteiger partial charge in [0.1, 0.15) is 5.69 Å². The second-order valence-corrected chi connectivity index (χ2v) is 9.08. The Kier molecular flexibility index (Phi) is 6.68. The number of halogens is 3. The summed E-state index contributed by atoms with van der Waals surface area (Å²) >= 11 is 0. The minimum atomic E-state index is -4.51. The third-order valence-electron chi connectivity index (χ3n) is 6.57. The highest BCUT2D eigenvalue weighted by Crippen LogP contribution is 2.36. The average molecular weight is 471 g/mol. The normalized spacial score (nSPS) is 18.5. The lowest BCUT2D eigenvalue weighted by Gasteiger charge is -2.37. The number of hydrogen-bond acceptors (Lipinski definition) is 4. The summed E-state index contributed by atoms with van der Waals surface area (Å²) in [5, 5.41) is 3.83. The number of benzene rings is 2. The molecule has 1 saturated carbocycles. The summed E-state index contributed by atoms with van der Waals surface area (Å²) in [6, 6.07) is 15.7. The largest absolute Gasteiger partial charge is 0.433 e. The van der Waals surface area contributed by atoms with E-state index in [2.05, 4.69) is 10.3 Å². The number of rotatable bonds is 5. The SMILES string of the molecule is CN(C)c1cccc(C(=O)N[C@H]2CC[C@@H](N(C)c3cc(C(F)(F)F)nc4ccccc34)CC2)c1. The van der Waals surface area contributed by atoms with Crippen molar-refractivity contribution < 1.29 is 18.0 Å². The van der Waals surface area contributed by atoms with Crippen molar-refractivity contribution in [2.75, 3.05) is 30.9 Å². The Morgan fingerprint density at radius 3 is 2.35 bits per heavy atom. The van der Waals surface area contributed by atoms with Crippen LogP contribution < -0.4 is 15.1 Å². The first-order valence-electron chi connectivity index (χ1n) is 11.4. The molecule has 3 aromatic rings. The van der Waals surface area contributed by atoms with Crippen LogP contribution in [0.5, 0.6) is 0 Å². The number of aromatic nitrogens is 1. The van der Waals surface area contributed by atoms with Crippen molar-refractivity contribution in [1.29, 1.82) is 0 Å². The molecule has 0 atom stereocenters. The number of hydrogen-bond donors (Lipinski definition) is 1. The van der Waals surface area contributed by atoms with E-state index in [1.165, 1.54) is 0 Å². The number of carbonyl (C=O) groups is 1. The highest BCUT2D eigenvalue weighted by atomic mass is 19.4. The Bertz CT molecular complexity index is 1170. The fourth-order valence-electron chi connectivity index (χ4n) is 4.59. The monoisotopic (exact) mass is 470 g/mol. The van der Waals surface area contributed by atoms with Gasteiger partial charge >= 0.3 is 6.18 Å². The maximum Gasteiger partial charge on any atom is 0.433 e. The molecule has 0 spiro atoms. The molecule has 180 valence electrons. The molecule has 1 heterocycles. The summed E-state index contributed by atoms with van der Waals surface area (Å²) in [4.78, 5) is 20.5. The van der Waals surface area contributed by atoms with Gasteiger partial charge in [-0.25, -0.2) is 4.98 Å². The van der Waals surface area contributed by atoms with Crippen LogP contribution in [0, 0.1) is 0 Å². The number of nitrogens with one attached hydrogen (secondary N) is 1. The number of alkyl halides is 3. The predicted molar refractivity (Wildman–Crippen MR) is 129 cm³/mol. The number of carbonyl (C=O) groups excluding carboxylic acids is 1. The van der Waals surface area contributed by atoms with Gasteiger partial charge in [-0.3, -0.25) is 4.79 Å². The third kappa shape index (κ3) is 5.11. The molecule has 1 fully saturated rings. The lowest BCUT2D eigenvalue weighted by molar-refractivity contribution is -0.140. The number of amides is 1. The molecule has 1 aliphatic carbocycles. The molecule has 1 N–H and O–H groups in total. The molecule has 0 unspecified atom stereocenters. The van der Waals surface area contributed by atoms with Gasteiger partial charge in [0.25, 0.3) is 5.91 Å². The van der Waals surface area contributed by atoms with E-state index in [4.69, 9.17) is 0 Å². The standard InChI is InChI=1S/C26H29F3N4O/c1-32(2)20-8-6-7-17(15-20)25(34)30-18-11-13-19(14-12-18)33(3)23-16-24(26(27,28)29)31-22-10-5-4-9-21(22)23/h4-10,15-16,18-19H,11-14H2,1-3H3,(H,30,34)/t18-,19+. The Balaban J connectivity index is 1.45. The van der Waals surface area contributed by atoms with Crippen LogP contribution in [0.25, 0.3) is 10.9 Å². The number of pyridine rings is 1. The lowest BCUT2D eigenvalue weighted by atomic mass is 9.89. The number of fused-ring (bicyclic) bond motifs is 1. The van der Waals surface area contributed by atoms with E-state index in [0.717, 1.165) is 37.4 Å². The van der Waals surface area contributed by atoms with Gasteiger partial charge in [0.2, 0.25) is 0 Å². The first-order valence-corrected chi connectivity index (χ1v) is 11.4. The molecule has 8 heteroatoms. The quantitative estimate of drug-likeness (QED) is 0.535. The Morgan fingerprint density at radius 1 is 0.971 bits per heavy atom. The molecule has 4 rings (SSSR count). The summed E-state index contributed by atoms with van der Waals surface area (Å²) in [5.74, 6) is -0.101. The van der Waals surface area contributed by atoms with Crippen LogP contribution in [0.3, 0.4) is 0 Å². The zero-order valence-corrected chi connectivity index (χ0v) is 19.6. The number of anilines is 2. The highest BCUT2D eigenvalue weighted by molar-refractivity contribution is 5.95. The Morgan fingerprint density at radius 2 is 1.68 bits per heavy atom. The van der Waals surface area contributed by atoms with E-state index in [0.29, 0.717) is 22.2 Å². The van der Waals surface area contributed by atoms with Crippen molar-refractivity contribution in [1.82, 2.24) is 10.3 Å². The van der Waals surface area contributed by atoms with Gasteiger partial charge in [0, 0.05) is 55.6 Å². The Labute approximate surface area is 197 Å². The van der Waals surface area contributed by atoms with Crippen LogP contribution in [-0.4, -0.2) is 44.1 Å². The van der Waals surface area contributed by atoms with Crippen molar-refractivity contribution in [3.05, 3.63) is 65.9 Å². The summed E-state index contributed by atoms with van der Waals surface area (Å²) in [6.07, 6.45) is -1.42. The molecular formula is C26H29F3N4O. The van der Waals surface area contributed by atoms with Gasteiger partial charge in [-0.15, -0.1) is 0 Å². The van der Waals surface area contributed by atoms with Crippen LogP contribution in [-0.2, 0) is 6.18 Å². The predicted octanol–water partition coefficient (Wildman–Crippen LogP) is 5.50. The number of para-hydroxylation sites is 1. The summed E-state index contributed by atoms with van der Waals surface area (Å²) < 4.78 is 40.4. The molecule has 5 nitrogen and oxygen atoms in total.